The van der Waals surface area contributed by atoms with Crippen molar-refractivity contribution in [3.63, 3.8) is 0 Å². The van der Waals surface area contributed by atoms with E-state index in [9.17, 15) is 14.4 Å². The molecule has 0 saturated heterocycles. The van der Waals surface area contributed by atoms with Gasteiger partial charge in [0.2, 0.25) is 11.8 Å². The number of hydrogen-bond acceptors (Lipinski definition) is 4. The van der Waals surface area contributed by atoms with Gasteiger partial charge in [-0.15, -0.1) is 0 Å². The maximum atomic E-state index is 12.9. The first-order valence-electron chi connectivity index (χ1n) is 9.58. The average molecular weight is 393 g/mol. The van der Waals surface area contributed by atoms with Crippen molar-refractivity contribution >= 4 is 28.7 Å². The van der Waals surface area contributed by atoms with Crippen LogP contribution in [-0.2, 0) is 20.8 Å². The van der Waals surface area contributed by atoms with Gasteiger partial charge in [0.15, 0.2) is 5.12 Å². The molecule has 2 unspecified atom stereocenters. The lowest BCUT2D eigenvalue weighted by atomic mass is 9.98. The highest BCUT2D eigenvalue weighted by Gasteiger charge is 2.26. The molecule has 1 aromatic carbocycles. The highest BCUT2D eigenvalue weighted by atomic mass is 32.2. The van der Waals surface area contributed by atoms with E-state index >= 15 is 0 Å². The lowest BCUT2D eigenvalue weighted by molar-refractivity contribution is -0.131. The van der Waals surface area contributed by atoms with E-state index in [0.29, 0.717) is 25.1 Å². The number of thioether (sulfide) groups is 1. The average Bonchev–Trinajstić information content (AvgIpc) is 2.61. The monoisotopic (exact) mass is 392 g/mol. The number of likely N-dealkylation sites (N-methyl/N-ethyl adjacent to an activating group) is 1. The van der Waals surface area contributed by atoms with Gasteiger partial charge in [0, 0.05) is 25.1 Å². The molecule has 0 radical (unpaired) electrons. The van der Waals surface area contributed by atoms with Crippen molar-refractivity contribution in [2.75, 3.05) is 12.3 Å². The molecule has 27 heavy (non-hydrogen) atoms. The van der Waals surface area contributed by atoms with Gasteiger partial charge < -0.3 is 10.6 Å². The van der Waals surface area contributed by atoms with Crippen LogP contribution in [0.1, 0.15) is 46.1 Å². The molecule has 0 saturated carbocycles. The molecule has 6 heteroatoms. The van der Waals surface area contributed by atoms with Crippen LogP contribution in [0.3, 0.4) is 0 Å². The Bertz CT molecular complexity index is 605. The molecule has 2 N–H and O–H groups in total. The van der Waals surface area contributed by atoms with Crippen LogP contribution in [0, 0.1) is 11.8 Å². The van der Waals surface area contributed by atoms with Crippen molar-refractivity contribution in [2.45, 2.75) is 53.0 Å². The van der Waals surface area contributed by atoms with Crippen molar-refractivity contribution in [3.05, 3.63) is 35.9 Å². The van der Waals surface area contributed by atoms with Crippen LogP contribution in [0.25, 0.3) is 0 Å². The van der Waals surface area contributed by atoms with Crippen LogP contribution in [0.4, 0.5) is 0 Å². The minimum atomic E-state index is -0.543. The van der Waals surface area contributed by atoms with Gasteiger partial charge in [-0.3, -0.25) is 14.4 Å². The normalized spacial score (nSPS) is 13.1. The second-order valence-electron chi connectivity index (χ2n) is 7.11. The van der Waals surface area contributed by atoms with Gasteiger partial charge in [-0.25, -0.2) is 0 Å². The molecule has 150 valence electrons. The number of amides is 2. The molecular formula is C21H32N2O3S. The van der Waals surface area contributed by atoms with Gasteiger partial charge in [-0.2, -0.15) is 0 Å². The van der Waals surface area contributed by atoms with Crippen LogP contribution in [0.5, 0.6) is 0 Å². The molecule has 0 fully saturated rings. The topological polar surface area (TPSA) is 75.3 Å². The summed E-state index contributed by atoms with van der Waals surface area (Å²) in [5.41, 5.74) is 1.16. The van der Waals surface area contributed by atoms with Crippen LogP contribution in [-0.4, -0.2) is 35.3 Å². The zero-order valence-electron chi connectivity index (χ0n) is 16.8. The first kappa shape index (κ1) is 23.2. The number of rotatable bonds is 11. The van der Waals surface area contributed by atoms with E-state index in [-0.39, 0.29) is 28.8 Å². The standard InChI is InChI=1S/C21H32N2O3S/c1-5-22-21(26)19(13-15(2)3)23-20(25)18(14-27-16(4)24)12-11-17-9-7-6-8-10-17/h6-10,15,18-19H,5,11-14H2,1-4H3,(H,22,26)(H,23,25). The molecule has 1 rings (SSSR count). The summed E-state index contributed by atoms with van der Waals surface area (Å²) in [5, 5.41) is 5.70. The highest BCUT2D eigenvalue weighted by Crippen LogP contribution is 2.17. The van der Waals surface area contributed by atoms with E-state index in [1.807, 2.05) is 51.1 Å². The third-order valence-corrected chi connectivity index (χ3v) is 5.15. The Morgan fingerprint density at radius 3 is 2.30 bits per heavy atom. The molecule has 0 heterocycles. The molecule has 0 aliphatic carbocycles. The number of carbonyl (C=O) groups is 3. The molecule has 0 aromatic heterocycles. The summed E-state index contributed by atoms with van der Waals surface area (Å²) in [6, 6.07) is 9.43. The number of benzene rings is 1. The van der Waals surface area contributed by atoms with E-state index in [1.54, 1.807) is 0 Å². The lowest BCUT2D eigenvalue weighted by Crippen LogP contribution is -2.49. The van der Waals surface area contributed by atoms with Crippen molar-refractivity contribution in [2.24, 2.45) is 11.8 Å². The van der Waals surface area contributed by atoms with Crippen molar-refractivity contribution in [3.8, 4) is 0 Å². The fourth-order valence-corrected chi connectivity index (χ4v) is 3.54. The zero-order chi connectivity index (χ0) is 20.2. The molecule has 0 bridgehead atoms. The fraction of sp³-hybridized carbons (Fsp3) is 0.571. The van der Waals surface area contributed by atoms with Crippen LogP contribution < -0.4 is 10.6 Å². The summed E-state index contributed by atoms with van der Waals surface area (Å²) < 4.78 is 0. The highest BCUT2D eigenvalue weighted by molar-refractivity contribution is 8.13. The fourth-order valence-electron chi connectivity index (χ4n) is 2.78. The Labute approximate surface area is 167 Å². The van der Waals surface area contributed by atoms with Crippen LogP contribution in [0.15, 0.2) is 30.3 Å². The third kappa shape index (κ3) is 9.61. The molecule has 0 spiro atoms. The molecule has 2 amide bonds. The number of hydrogen-bond donors (Lipinski definition) is 2. The van der Waals surface area contributed by atoms with Crippen LogP contribution in [0.2, 0.25) is 0 Å². The molecule has 1 aromatic rings. The van der Waals surface area contributed by atoms with E-state index in [2.05, 4.69) is 10.6 Å². The summed E-state index contributed by atoms with van der Waals surface area (Å²) in [6.45, 7) is 7.94. The zero-order valence-corrected chi connectivity index (χ0v) is 17.6. The Kier molecular flexibility index (Phi) is 10.8. The second kappa shape index (κ2) is 12.5. The first-order valence-corrected chi connectivity index (χ1v) is 10.6. The Morgan fingerprint density at radius 2 is 1.74 bits per heavy atom. The number of nitrogens with one attached hydrogen (secondary N) is 2. The predicted octanol–water partition coefficient (Wildman–Crippen LogP) is 3.18. The smallest absolute Gasteiger partial charge is 0.242 e. The quantitative estimate of drug-likeness (QED) is 0.606. The maximum Gasteiger partial charge on any atom is 0.242 e. The molecule has 0 aliphatic rings. The summed E-state index contributed by atoms with van der Waals surface area (Å²) in [7, 11) is 0. The summed E-state index contributed by atoms with van der Waals surface area (Å²) in [6.07, 6.45) is 1.98. The molecular weight excluding hydrogens is 360 g/mol. The minimum absolute atomic E-state index is 0.00466. The number of carbonyl (C=O) groups excluding carboxylic acids is 3. The predicted molar refractivity (Wildman–Crippen MR) is 111 cm³/mol. The summed E-state index contributed by atoms with van der Waals surface area (Å²) >= 11 is 1.16. The third-order valence-electron chi connectivity index (χ3n) is 4.17. The Morgan fingerprint density at radius 1 is 1.07 bits per heavy atom. The minimum Gasteiger partial charge on any atom is -0.355 e. The van der Waals surface area contributed by atoms with Gasteiger partial charge in [-0.1, -0.05) is 55.9 Å². The maximum absolute atomic E-state index is 12.9. The van der Waals surface area contributed by atoms with Gasteiger partial charge >= 0.3 is 0 Å². The van der Waals surface area contributed by atoms with E-state index < -0.39 is 6.04 Å². The SMILES string of the molecule is CCNC(=O)C(CC(C)C)NC(=O)C(CCc1ccccc1)CSC(C)=O. The van der Waals surface area contributed by atoms with Crippen molar-refractivity contribution in [1.29, 1.82) is 0 Å². The lowest BCUT2D eigenvalue weighted by Gasteiger charge is -2.23. The van der Waals surface area contributed by atoms with Gasteiger partial charge in [0.1, 0.15) is 6.04 Å². The van der Waals surface area contributed by atoms with Crippen molar-refractivity contribution < 1.29 is 14.4 Å². The Balaban J connectivity index is 2.78. The van der Waals surface area contributed by atoms with Crippen molar-refractivity contribution in [1.82, 2.24) is 10.6 Å². The largest absolute Gasteiger partial charge is 0.355 e. The Hall–Kier alpha value is -1.82. The van der Waals surface area contributed by atoms with Gasteiger partial charge in [0.05, 0.1) is 0 Å². The molecule has 0 aliphatic heterocycles. The second-order valence-corrected chi connectivity index (χ2v) is 8.31. The van der Waals surface area contributed by atoms with E-state index in [1.165, 1.54) is 6.92 Å². The van der Waals surface area contributed by atoms with Crippen LogP contribution >= 0.6 is 11.8 Å². The molecule has 2 atom stereocenters. The van der Waals surface area contributed by atoms with E-state index in [4.69, 9.17) is 0 Å². The van der Waals surface area contributed by atoms with E-state index in [0.717, 1.165) is 23.7 Å². The van der Waals surface area contributed by atoms with Gasteiger partial charge in [0.25, 0.3) is 0 Å². The van der Waals surface area contributed by atoms with Gasteiger partial charge in [-0.05, 0) is 37.7 Å². The number of aryl methyl sites for hydroxylation is 1. The summed E-state index contributed by atoms with van der Waals surface area (Å²) in [5.74, 6) is 0.0882. The first-order chi connectivity index (χ1) is 12.8. The summed E-state index contributed by atoms with van der Waals surface area (Å²) in [4.78, 5) is 36.5. The molecule has 5 nitrogen and oxygen atoms in total.